The van der Waals surface area contributed by atoms with E-state index in [4.69, 9.17) is 42.3 Å². The smallest absolute Gasteiger partial charge is 0.326 e. The van der Waals surface area contributed by atoms with Crippen LogP contribution < -0.4 is 10.1 Å². The van der Waals surface area contributed by atoms with E-state index in [1.807, 2.05) is 60.4 Å². The number of furan rings is 1. The Morgan fingerprint density at radius 3 is 2.42 bits per heavy atom. The average Bonchev–Trinajstić information content (AvgIpc) is 3.64. The molecular weight excluding hydrogens is 699 g/mol. The van der Waals surface area contributed by atoms with Crippen LogP contribution in [0, 0.1) is 5.92 Å². The van der Waals surface area contributed by atoms with Crippen molar-refractivity contribution in [2.45, 2.75) is 72.0 Å². The minimum atomic E-state index is -0.646. The van der Waals surface area contributed by atoms with Crippen LogP contribution in [0.5, 0.6) is 5.75 Å². The highest BCUT2D eigenvalue weighted by Gasteiger charge is 2.35. The molecule has 12 heteroatoms. The Kier molecular flexibility index (Phi) is 12.9. The van der Waals surface area contributed by atoms with Crippen molar-refractivity contribution in [2.75, 3.05) is 39.3 Å². The van der Waals surface area contributed by atoms with E-state index in [2.05, 4.69) is 50.9 Å². The number of nitrogens with zero attached hydrogens (tertiary/aromatic N) is 5. The second-order valence-corrected chi connectivity index (χ2v) is 15.6. The summed E-state index contributed by atoms with van der Waals surface area (Å²) in [6, 6.07) is 12.9. The number of amides is 3. The maximum atomic E-state index is 14.9. The molecule has 2 aromatic heterocycles. The topological polar surface area (TPSA) is 104 Å². The highest BCUT2D eigenvalue weighted by atomic mass is 35.5. The van der Waals surface area contributed by atoms with Crippen LogP contribution in [0.15, 0.2) is 87.6 Å². The summed E-state index contributed by atoms with van der Waals surface area (Å²) in [5.74, 6) is 1.70. The van der Waals surface area contributed by atoms with Gasteiger partial charge in [-0.15, -0.1) is 0 Å². The molecule has 2 aliphatic rings. The molecule has 0 bridgehead atoms. The van der Waals surface area contributed by atoms with Gasteiger partial charge in [0.2, 0.25) is 5.91 Å². The number of allylic oxidation sites excluding steroid dienone is 3. The van der Waals surface area contributed by atoms with E-state index in [9.17, 15) is 9.59 Å². The Hall–Kier alpha value is -4.12. The molecule has 1 aliphatic heterocycles. The summed E-state index contributed by atoms with van der Waals surface area (Å²) in [5.41, 5.74) is 1.51. The quantitative estimate of drug-likeness (QED) is 0.159. The second-order valence-electron chi connectivity index (χ2n) is 14.7. The number of carbonyl (C=O) groups excluding carboxylic acids is 2. The van der Waals surface area contributed by atoms with Crippen LogP contribution in [0.3, 0.4) is 0 Å². The molecule has 1 fully saturated rings. The van der Waals surface area contributed by atoms with E-state index in [0.29, 0.717) is 78.7 Å². The molecule has 10 nitrogen and oxygen atoms in total. The summed E-state index contributed by atoms with van der Waals surface area (Å²) >= 11 is 12.6. The maximum Gasteiger partial charge on any atom is 0.326 e. The average molecular weight is 750 g/mol. The third kappa shape index (κ3) is 10.3. The Morgan fingerprint density at radius 1 is 1.08 bits per heavy atom. The van der Waals surface area contributed by atoms with Gasteiger partial charge in [-0.25, -0.2) is 4.79 Å². The van der Waals surface area contributed by atoms with Crippen molar-refractivity contribution in [3.05, 3.63) is 106 Å². The molecule has 278 valence electrons. The van der Waals surface area contributed by atoms with Crippen LogP contribution in [-0.2, 0) is 23.3 Å². The van der Waals surface area contributed by atoms with Crippen LogP contribution in [0.2, 0.25) is 5.02 Å². The number of ether oxygens (including phenoxy) is 1. The van der Waals surface area contributed by atoms with Crippen molar-refractivity contribution in [1.82, 2.24) is 25.0 Å². The summed E-state index contributed by atoms with van der Waals surface area (Å²) in [4.78, 5) is 43.5. The zero-order valence-electron chi connectivity index (χ0n) is 31.0. The number of aliphatic imine (C=N–C) groups is 1. The predicted octanol–water partition coefficient (Wildman–Crippen LogP) is 7.80. The molecule has 52 heavy (non-hydrogen) atoms. The molecule has 1 unspecified atom stereocenters. The van der Waals surface area contributed by atoms with Crippen molar-refractivity contribution in [2.24, 2.45) is 10.9 Å². The van der Waals surface area contributed by atoms with Crippen molar-refractivity contribution in [1.29, 1.82) is 0 Å². The molecule has 1 atom stereocenters. The summed E-state index contributed by atoms with van der Waals surface area (Å²) in [5, 5.41) is 4.22. The molecule has 1 aliphatic carbocycles. The number of benzene rings is 1. The third-order valence-corrected chi connectivity index (χ3v) is 9.85. The Labute approximate surface area is 317 Å². The first kappa shape index (κ1) is 39.1. The second kappa shape index (κ2) is 17.1. The molecule has 3 aromatic rings. The third-order valence-electron chi connectivity index (χ3n) is 9.32. The molecule has 1 N–H and O–H groups in total. The van der Waals surface area contributed by atoms with Gasteiger partial charge >= 0.3 is 6.03 Å². The van der Waals surface area contributed by atoms with Crippen molar-refractivity contribution < 1.29 is 18.7 Å². The van der Waals surface area contributed by atoms with Gasteiger partial charge in [0.15, 0.2) is 0 Å². The number of halogens is 2. The van der Waals surface area contributed by atoms with Crippen molar-refractivity contribution >= 4 is 41.0 Å². The lowest BCUT2D eigenvalue weighted by Gasteiger charge is -2.39. The van der Waals surface area contributed by atoms with Gasteiger partial charge in [0.25, 0.3) is 0 Å². The molecule has 0 saturated carbocycles. The first-order valence-corrected chi connectivity index (χ1v) is 18.6. The lowest BCUT2D eigenvalue weighted by atomic mass is 9.83. The van der Waals surface area contributed by atoms with Gasteiger partial charge < -0.3 is 19.4 Å². The Morgan fingerprint density at radius 2 is 1.81 bits per heavy atom. The molecule has 0 radical (unpaired) electrons. The number of carbonyl (C=O) groups is 2. The van der Waals surface area contributed by atoms with Gasteiger partial charge in [-0.1, -0.05) is 68.3 Å². The van der Waals surface area contributed by atoms with Crippen LogP contribution in [0.25, 0.3) is 0 Å². The van der Waals surface area contributed by atoms with E-state index >= 15 is 0 Å². The Bertz CT molecular complexity index is 1770. The fourth-order valence-electron chi connectivity index (χ4n) is 6.16. The van der Waals surface area contributed by atoms with Crippen LogP contribution in [-0.4, -0.2) is 82.3 Å². The SMILES string of the molecule is CCOc1cc(C(C)(C)C)ncc1/C(=N/C(C)(C)C1C=CC(Cl)=CC1)N(Cc1ccc(Cl)cc1)C(=O)N1CCN(CC(=O)NCc2ccco2)CC1. The monoisotopic (exact) mass is 748 g/mol. The predicted molar refractivity (Wildman–Crippen MR) is 207 cm³/mol. The van der Waals surface area contributed by atoms with Gasteiger partial charge in [0, 0.05) is 65.5 Å². The fraction of sp³-hybridized carbons (Fsp3) is 0.450. The summed E-state index contributed by atoms with van der Waals surface area (Å²) in [6.45, 7) is 15.6. The van der Waals surface area contributed by atoms with Crippen LogP contribution in [0.4, 0.5) is 4.79 Å². The zero-order chi connectivity index (χ0) is 37.5. The number of nitrogens with one attached hydrogen (secondary N) is 1. The van der Waals surface area contributed by atoms with Gasteiger partial charge in [0.05, 0.1) is 43.6 Å². The van der Waals surface area contributed by atoms with Crippen LogP contribution >= 0.6 is 23.2 Å². The number of urea groups is 1. The van der Waals surface area contributed by atoms with Gasteiger partial charge in [0.1, 0.15) is 17.3 Å². The Balaban J connectivity index is 1.50. The normalized spacial score (nSPS) is 17.2. The lowest BCUT2D eigenvalue weighted by Crippen LogP contribution is -2.55. The number of amidine groups is 1. The van der Waals surface area contributed by atoms with E-state index in [-0.39, 0.29) is 36.4 Å². The molecule has 0 spiro atoms. The molecule has 1 saturated heterocycles. The molecule has 5 rings (SSSR count). The first-order valence-electron chi connectivity index (χ1n) is 17.8. The number of rotatable bonds is 11. The van der Waals surface area contributed by atoms with Crippen LogP contribution in [0.1, 0.15) is 70.5 Å². The molecular formula is C40H50Cl2N6O4. The zero-order valence-corrected chi connectivity index (χ0v) is 32.5. The fourth-order valence-corrected chi connectivity index (χ4v) is 6.45. The van der Waals surface area contributed by atoms with Gasteiger partial charge in [-0.3, -0.25) is 24.6 Å². The first-order chi connectivity index (χ1) is 24.7. The lowest BCUT2D eigenvalue weighted by molar-refractivity contribution is -0.122. The van der Waals surface area contributed by atoms with E-state index < -0.39 is 5.54 Å². The van der Waals surface area contributed by atoms with E-state index in [1.54, 1.807) is 23.4 Å². The minimum Gasteiger partial charge on any atom is -0.493 e. The minimum absolute atomic E-state index is 0.0253. The maximum absolute atomic E-state index is 14.9. The number of piperazine rings is 1. The summed E-state index contributed by atoms with van der Waals surface area (Å²) in [6.07, 6.45) is 10.1. The van der Waals surface area contributed by atoms with Crippen molar-refractivity contribution in [3.63, 3.8) is 0 Å². The highest BCUT2D eigenvalue weighted by Crippen LogP contribution is 2.34. The van der Waals surface area contributed by atoms with E-state index in [1.165, 1.54) is 0 Å². The van der Waals surface area contributed by atoms with Crippen molar-refractivity contribution in [3.8, 4) is 5.75 Å². The number of hydrogen-bond acceptors (Lipinski definition) is 7. The summed E-state index contributed by atoms with van der Waals surface area (Å²) in [7, 11) is 0. The number of aromatic nitrogens is 1. The highest BCUT2D eigenvalue weighted by molar-refractivity contribution is 6.31. The van der Waals surface area contributed by atoms with Gasteiger partial charge in [-0.05, 0) is 63.1 Å². The molecule has 3 heterocycles. The number of hydrogen-bond donors (Lipinski definition) is 1. The van der Waals surface area contributed by atoms with Gasteiger partial charge in [-0.2, -0.15) is 0 Å². The summed E-state index contributed by atoms with van der Waals surface area (Å²) < 4.78 is 11.6. The molecule has 3 amide bonds. The number of pyridine rings is 1. The van der Waals surface area contributed by atoms with E-state index in [0.717, 1.165) is 11.3 Å². The largest absolute Gasteiger partial charge is 0.493 e. The standard InChI is InChI=1S/C40H50Cl2N6O4/c1-7-51-34-23-35(39(2,3)4)43-25-33(34)37(45-40(5,6)29-12-16-31(42)17-13-29)48(26-28-10-14-30(41)15-11-28)38(50)47-20-18-46(19-21-47)27-36(49)44-24-32-9-8-22-52-32/h8-12,14-17,22-23,25,29H,7,13,18-21,24,26-27H2,1-6H3,(H,44,49)/b45-37-. The molecule has 1 aromatic carbocycles.